The van der Waals surface area contributed by atoms with Gasteiger partial charge in [0.15, 0.2) is 0 Å². The van der Waals surface area contributed by atoms with Gasteiger partial charge in [0.05, 0.1) is 3.79 Å². The van der Waals surface area contributed by atoms with Crippen LogP contribution in [0, 0.1) is 0 Å². The summed E-state index contributed by atoms with van der Waals surface area (Å²) in [4.78, 5) is 1.19. The molecular formula is C13H13Br2NS. The van der Waals surface area contributed by atoms with Gasteiger partial charge < -0.3 is 5.73 Å². The first-order valence-electron chi connectivity index (χ1n) is 5.35. The fourth-order valence-corrected chi connectivity index (χ4v) is 3.93. The van der Waals surface area contributed by atoms with Crippen molar-refractivity contribution in [1.29, 1.82) is 0 Å². The molecule has 0 saturated carbocycles. The van der Waals surface area contributed by atoms with Gasteiger partial charge in [0.1, 0.15) is 0 Å². The van der Waals surface area contributed by atoms with Gasteiger partial charge in [-0.3, -0.25) is 0 Å². The molecule has 0 aliphatic heterocycles. The highest BCUT2D eigenvalue weighted by Gasteiger charge is 2.19. The van der Waals surface area contributed by atoms with Crippen molar-refractivity contribution in [3.8, 4) is 0 Å². The SMILES string of the molecule is CC(c1ccccc1)C(N)c1cc(Br)c(Br)s1. The zero-order valence-electron chi connectivity index (χ0n) is 9.36. The monoisotopic (exact) mass is 373 g/mol. The van der Waals surface area contributed by atoms with Crippen LogP contribution in [-0.2, 0) is 0 Å². The van der Waals surface area contributed by atoms with Crippen molar-refractivity contribution in [3.63, 3.8) is 0 Å². The topological polar surface area (TPSA) is 26.0 Å². The van der Waals surface area contributed by atoms with E-state index in [1.807, 2.05) is 6.07 Å². The Morgan fingerprint density at radius 1 is 1.18 bits per heavy atom. The average Bonchev–Trinajstić information content (AvgIpc) is 2.69. The first-order valence-corrected chi connectivity index (χ1v) is 7.75. The molecule has 1 aromatic heterocycles. The first kappa shape index (κ1) is 13.3. The zero-order valence-corrected chi connectivity index (χ0v) is 13.3. The van der Waals surface area contributed by atoms with Gasteiger partial charge in [0, 0.05) is 21.3 Å². The standard InChI is InChI=1S/C13H13Br2NS/c1-8(9-5-3-2-4-6-9)12(16)11-7-10(14)13(15)17-11/h2-8,12H,16H2,1H3. The van der Waals surface area contributed by atoms with E-state index in [1.54, 1.807) is 11.3 Å². The van der Waals surface area contributed by atoms with Gasteiger partial charge in [-0.25, -0.2) is 0 Å². The number of hydrogen-bond donors (Lipinski definition) is 1. The highest BCUT2D eigenvalue weighted by atomic mass is 79.9. The predicted octanol–water partition coefficient (Wildman–Crippen LogP) is 5.08. The summed E-state index contributed by atoms with van der Waals surface area (Å²) in [5, 5.41) is 0. The van der Waals surface area contributed by atoms with Gasteiger partial charge in [-0.15, -0.1) is 11.3 Å². The Balaban J connectivity index is 2.23. The van der Waals surface area contributed by atoms with Gasteiger partial charge in [0.2, 0.25) is 0 Å². The smallest absolute Gasteiger partial charge is 0.0843 e. The number of hydrogen-bond acceptors (Lipinski definition) is 2. The molecule has 2 N–H and O–H groups in total. The molecule has 1 aromatic carbocycles. The summed E-state index contributed by atoms with van der Waals surface area (Å²) in [5.41, 5.74) is 7.60. The van der Waals surface area contributed by atoms with E-state index in [4.69, 9.17) is 5.73 Å². The zero-order chi connectivity index (χ0) is 12.4. The lowest BCUT2D eigenvalue weighted by atomic mass is 9.93. The predicted molar refractivity (Wildman–Crippen MR) is 81.5 cm³/mol. The van der Waals surface area contributed by atoms with E-state index in [0.29, 0.717) is 5.92 Å². The normalized spacial score (nSPS) is 14.6. The summed E-state index contributed by atoms with van der Waals surface area (Å²) in [6, 6.07) is 12.5. The molecule has 0 spiro atoms. The summed E-state index contributed by atoms with van der Waals surface area (Å²) >= 11 is 8.69. The molecule has 0 aliphatic rings. The highest BCUT2D eigenvalue weighted by Crippen LogP contribution is 2.39. The molecule has 0 bridgehead atoms. The van der Waals surface area contributed by atoms with E-state index < -0.39 is 0 Å². The van der Waals surface area contributed by atoms with Crippen molar-refractivity contribution >= 4 is 43.2 Å². The van der Waals surface area contributed by atoms with E-state index in [2.05, 4.69) is 69.1 Å². The van der Waals surface area contributed by atoms with Crippen LogP contribution < -0.4 is 5.73 Å². The minimum Gasteiger partial charge on any atom is -0.323 e. The Kier molecular flexibility index (Phi) is 4.42. The molecule has 0 fully saturated rings. The van der Waals surface area contributed by atoms with Gasteiger partial charge in [-0.1, -0.05) is 37.3 Å². The van der Waals surface area contributed by atoms with Crippen molar-refractivity contribution in [2.75, 3.05) is 0 Å². The average molecular weight is 375 g/mol. The number of halogens is 2. The van der Waals surface area contributed by atoms with Gasteiger partial charge in [-0.2, -0.15) is 0 Å². The molecule has 2 unspecified atom stereocenters. The Labute approximate surface area is 122 Å². The molecule has 0 aliphatic carbocycles. The van der Waals surface area contributed by atoms with Crippen LogP contribution in [0.5, 0.6) is 0 Å². The van der Waals surface area contributed by atoms with E-state index >= 15 is 0 Å². The lowest BCUT2D eigenvalue weighted by Gasteiger charge is -2.18. The van der Waals surface area contributed by atoms with Crippen LogP contribution in [0.4, 0.5) is 0 Å². The van der Waals surface area contributed by atoms with Crippen LogP contribution >= 0.6 is 43.2 Å². The maximum absolute atomic E-state index is 6.32. The lowest BCUT2D eigenvalue weighted by molar-refractivity contribution is 0.607. The lowest BCUT2D eigenvalue weighted by Crippen LogP contribution is -2.16. The molecule has 1 nitrogen and oxygen atoms in total. The minimum absolute atomic E-state index is 0.0324. The maximum Gasteiger partial charge on any atom is 0.0843 e. The van der Waals surface area contributed by atoms with Crippen LogP contribution in [0.1, 0.15) is 29.3 Å². The van der Waals surface area contributed by atoms with Gasteiger partial charge in [0.25, 0.3) is 0 Å². The molecule has 1 heterocycles. The molecule has 2 rings (SSSR count). The van der Waals surface area contributed by atoms with Crippen LogP contribution in [0.3, 0.4) is 0 Å². The summed E-state index contributed by atoms with van der Waals surface area (Å²) in [5.74, 6) is 0.314. The maximum atomic E-state index is 6.32. The van der Waals surface area contributed by atoms with E-state index in [1.165, 1.54) is 10.4 Å². The number of thiophene rings is 1. The molecule has 0 radical (unpaired) electrons. The van der Waals surface area contributed by atoms with E-state index in [9.17, 15) is 0 Å². The van der Waals surface area contributed by atoms with Crippen LogP contribution in [0.2, 0.25) is 0 Å². The van der Waals surface area contributed by atoms with Gasteiger partial charge in [-0.05, 0) is 43.5 Å². The second kappa shape index (κ2) is 5.65. The minimum atomic E-state index is 0.0324. The first-order chi connectivity index (χ1) is 8.09. The van der Waals surface area contributed by atoms with Crippen molar-refractivity contribution < 1.29 is 0 Å². The number of benzene rings is 1. The van der Waals surface area contributed by atoms with Crippen molar-refractivity contribution in [2.24, 2.45) is 5.73 Å². The Bertz CT molecular complexity index is 476. The van der Waals surface area contributed by atoms with E-state index in [0.717, 1.165) is 8.26 Å². The van der Waals surface area contributed by atoms with Crippen LogP contribution in [0.15, 0.2) is 44.7 Å². The summed E-state index contributed by atoms with van der Waals surface area (Å²) < 4.78 is 2.18. The molecule has 90 valence electrons. The van der Waals surface area contributed by atoms with Crippen LogP contribution in [-0.4, -0.2) is 0 Å². The Morgan fingerprint density at radius 3 is 2.35 bits per heavy atom. The Morgan fingerprint density at radius 2 is 1.82 bits per heavy atom. The molecule has 2 atom stereocenters. The van der Waals surface area contributed by atoms with E-state index in [-0.39, 0.29) is 6.04 Å². The molecule has 17 heavy (non-hydrogen) atoms. The third kappa shape index (κ3) is 2.99. The Hall–Kier alpha value is -0.160. The third-order valence-corrected chi connectivity index (χ3v) is 6.21. The fraction of sp³-hybridized carbons (Fsp3) is 0.231. The van der Waals surface area contributed by atoms with Gasteiger partial charge >= 0.3 is 0 Å². The molecule has 2 aromatic rings. The summed E-state index contributed by atoms with van der Waals surface area (Å²) in [6.45, 7) is 2.17. The fourth-order valence-electron chi connectivity index (χ4n) is 1.74. The highest BCUT2D eigenvalue weighted by molar-refractivity contribution is 9.13. The number of nitrogens with two attached hydrogens (primary N) is 1. The van der Waals surface area contributed by atoms with Crippen LogP contribution in [0.25, 0.3) is 0 Å². The second-order valence-corrected chi connectivity index (χ2v) is 7.25. The number of rotatable bonds is 3. The molecular weight excluding hydrogens is 362 g/mol. The summed E-state index contributed by atoms with van der Waals surface area (Å²) in [6.07, 6.45) is 0. The molecule has 0 saturated heterocycles. The summed E-state index contributed by atoms with van der Waals surface area (Å²) in [7, 11) is 0. The third-order valence-electron chi connectivity index (χ3n) is 2.86. The molecule has 4 heteroatoms. The molecule has 0 amide bonds. The van der Waals surface area contributed by atoms with Crippen molar-refractivity contribution in [3.05, 3.63) is 55.1 Å². The quantitative estimate of drug-likeness (QED) is 0.796. The largest absolute Gasteiger partial charge is 0.323 e. The second-order valence-electron chi connectivity index (χ2n) is 4.00. The van der Waals surface area contributed by atoms with Crippen molar-refractivity contribution in [1.82, 2.24) is 0 Å². The van der Waals surface area contributed by atoms with Crippen molar-refractivity contribution in [2.45, 2.75) is 18.9 Å².